The Morgan fingerprint density at radius 3 is 2.88 bits per heavy atom. The van der Waals surface area contributed by atoms with E-state index in [1.165, 1.54) is 20.0 Å². The number of ether oxygens (including phenoxy) is 1. The van der Waals surface area contributed by atoms with Gasteiger partial charge in [-0.05, 0) is 25.8 Å². The molecule has 1 saturated heterocycles. The van der Waals surface area contributed by atoms with Crippen molar-refractivity contribution in [3.8, 4) is 0 Å². The fourth-order valence-corrected chi connectivity index (χ4v) is 2.18. The summed E-state index contributed by atoms with van der Waals surface area (Å²) in [6, 6.07) is 0.236. The van der Waals surface area contributed by atoms with E-state index >= 15 is 0 Å². The van der Waals surface area contributed by atoms with E-state index in [1.807, 2.05) is 0 Å². The zero-order valence-corrected chi connectivity index (χ0v) is 10.7. The second kappa shape index (κ2) is 8.31. The average molecular weight is 244 g/mol. The Morgan fingerprint density at radius 1 is 1.41 bits per heavy atom. The van der Waals surface area contributed by atoms with Gasteiger partial charge in [0, 0.05) is 25.7 Å². The van der Waals surface area contributed by atoms with E-state index in [0.717, 1.165) is 38.9 Å². The van der Waals surface area contributed by atoms with E-state index in [2.05, 4.69) is 15.0 Å². The Labute approximate surface area is 103 Å². The molecule has 1 atom stereocenters. The molecular formula is C12H24N2O3. The van der Waals surface area contributed by atoms with Gasteiger partial charge in [0.25, 0.3) is 0 Å². The molecule has 0 bridgehead atoms. The average Bonchev–Trinajstić information content (AvgIpc) is 2.76. The van der Waals surface area contributed by atoms with Crippen molar-refractivity contribution in [2.75, 3.05) is 33.4 Å². The van der Waals surface area contributed by atoms with Crippen molar-refractivity contribution in [1.82, 2.24) is 10.2 Å². The lowest BCUT2D eigenvalue weighted by Crippen LogP contribution is -2.37. The predicted molar refractivity (Wildman–Crippen MR) is 65.9 cm³/mol. The Kier molecular flexibility index (Phi) is 6.96. The molecule has 0 saturated carbocycles. The van der Waals surface area contributed by atoms with Crippen LogP contribution in [0, 0.1) is 0 Å². The quantitative estimate of drug-likeness (QED) is 0.655. The van der Waals surface area contributed by atoms with Crippen molar-refractivity contribution < 1.29 is 14.6 Å². The third-order valence-electron chi connectivity index (χ3n) is 3.16. The number of carbonyl (C=O) groups excluding carboxylic acids is 1. The molecule has 0 aromatic carbocycles. The largest absolute Gasteiger partial charge is 0.453 e. The number of likely N-dealkylation sites (tertiary alicyclic amines) is 1. The van der Waals surface area contributed by atoms with Gasteiger partial charge in [0.1, 0.15) is 0 Å². The number of aliphatic hydroxyl groups excluding tert-OH is 1. The van der Waals surface area contributed by atoms with E-state index in [1.54, 1.807) is 0 Å². The van der Waals surface area contributed by atoms with E-state index in [9.17, 15) is 4.79 Å². The van der Waals surface area contributed by atoms with E-state index < -0.39 is 0 Å². The van der Waals surface area contributed by atoms with Gasteiger partial charge in [0.05, 0.1) is 7.11 Å². The Bertz CT molecular complexity index is 224. The maximum absolute atomic E-state index is 11.0. The highest BCUT2D eigenvalue weighted by Crippen LogP contribution is 2.11. The summed E-state index contributed by atoms with van der Waals surface area (Å²) in [5.74, 6) is 0. The van der Waals surface area contributed by atoms with E-state index in [-0.39, 0.29) is 12.1 Å². The first-order chi connectivity index (χ1) is 8.26. The minimum atomic E-state index is -0.334. The smallest absolute Gasteiger partial charge is 0.407 e. The van der Waals surface area contributed by atoms with Gasteiger partial charge in [0.15, 0.2) is 0 Å². The molecule has 2 N–H and O–H groups in total. The van der Waals surface area contributed by atoms with Crippen LogP contribution in [0.2, 0.25) is 0 Å². The van der Waals surface area contributed by atoms with Crippen molar-refractivity contribution in [3.63, 3.8) is 0 Å². The monoisotopic (exact) mass is 244 g/mol. The molecule has 0 aliphatic carbocycles. The van der Waals surface area contributed by atoms with E-state index in [4.69, 9.17) is 5.11 Å². The Hall–Kier alpha value is -0.810. The number of hydrogen-bond acceptors (Lipinski definition) is 4. The molecule has 17 heavy (non-hydrogen) atoms. The van der Waals surface area contributed by atoms with Gasteiger partial charge in [-0.2, -0.15) is 0 Å². The van der Waals surface area contributed by atoms with Crippen LogP contribution in [0.1, 0.15) is 32.1 Å². The number of carbonyl (C=O) groups is 1. The maximum Gasteiger partial charge on any atom is 0.407 e. The molecule has 1 rings (SSSR count). The number of rotatable bonds is 7. The van der Waals surface area contributed by atoms with Crippen LogP contribution in [0.4, 0.5) is 4.79 Å². The molecule has 1 amide bonds. The second-order valence-electron chi connectivity index (χ2n) is 4.56. The third-order valence-corrected chi connectivity index (χ3v) is 3.16. The lowest BCUT2D eigenvalue weighted by molar-refractivity contribution is 0.166. The summed E-state index contributed by atoms with van der Waals surface area (Å²) in [6.07, 6.45) is 5.03. The number of nitrogens with one attached hydrogen (secondary N) is 1. The lowest BCUT2D eigenvalue weighted by atomic mass is 10.2. The Morgan fingerprint density at radius 2 is 2.18 bits per heavy atom. The van der Waals surface area contributed by atoms with Crippen molar-refractivity contribution in [1.29, 1.82) is 0 Å². The standard InChI is InChI=1S/C12H24N2O3/c1-17-12(16)13-11-6-8-14(10-11)7-4-2-3-5-9-15/h11,15H,2-10H2,1H3,(H,13,16). The van der Waals surface area contributed by atoms with E-state index in [0.29, 0.717) is 6.61 Å². The summed E-state index contributed by atoms with van der Waals surface area (Å²) >= 11 is 0. The first kappa shape index (κ1) is 14.3. The molecule has 1 heterocycles. The van der Waals surface area contributed by atoms with Crippen LogP contribution in [-0.2, 0) is 4.74 Å². The van der Waals surface area contributed by atoms with Crippen LogP contribution in [0.15, 0.2) is 0 Å². The molecule has 100 valence electrons. The summed E-state index contributed by atoms with van der Waals surface area (Å²) in [4.78, 5) is 13.4. The van der Waals surface area contributed by atoms with Crippen molar-refractivity contribution in [2.45, 2.75) is 38.1 Å². The summed E-state index contributed by atoms with van der Waals surface area (Å²) in [7, 11) is 1.39. The number of nitrogens with zero attached hydrogens (tertiary/aromatic N) is 1. The summed E-state index contributed by atoms with van der Waals surface area (Å²) in [6.45, 7) is 3.36. The highest BCUT2D eigenvalue weighted by Gasteiger charge is 2.23. The molecule has 5 nitrogen and oxygen atoms in total. The molecular weight excluding hydrogens is 220 g/mol. The number of unbranched alkanes of at least 4 members (excludes halogenated alkanes) is 3. The first-order valence-electron chi connectivity index (χ1n) is 6.44. The molecule has 0 aromatic rings. The summed E-state index contributed by atoms with van der Waals surface area (Å²) < 4.78 is 4.58. The second-order valence-corrected chi connectivity index (χ2v) is 4.56. The van der Waals surface area contributed by atoms with Gasteiger partial charge in [-0.25, -0.2) is 4.79 Å². The van der Waals surface area contributed by atoms with Crippen molar-refractivity contribution in [3.05, 3.63) is 0 Å². The molecule has 1 fully saturated rings. The number of hydrogen-bond donors (Lipinski definition) is 2. The molecule has 5 heteroatoms. The molecule has 1 unspecified atom stereocenters. The number of aliphatic hydroxyl groups is 1. The normalized spacial score (nSPS) is 20.5. The van der Waals surface area contributed by atoms with Crippen LogP contribution < -0.4 is 5.32 Å². The SMILES string of the molecule is COC(=O)NC1CCN(CCCCCCO)C1. The van der Waals surface area contributed by atoms with Crippen LogP contribution >= 0.6 is 0 Å². The van der Waals surface area contributed by atoms with Crippen LogP contribution in [0.3, 0.4) is 0 Å². The third kappa shape index (κ3) is 5.89. The number of methoxy groups -OCH3 is 1. The molecule has 0 radical (unpaired) electrons. The van der Waals surface area contributed by atoms with Gasteiger partial charge in [0.2, 0.25) is 0 Å². The molecule has 1 aliphatic heterocycles. The fourth-order valence-electron chi connectivity index (χ4n) is 2.18. The predicted octanol–water partition coefficient (Wildman–Crippen LogP) is 0.969. The van der Waals surface area contributed by atoms with Crippen LogP contribution in [0.5, 0.6) is 0 Å². The van der Waals surface area contributed by atoms with Gasteiger partial charge in [-0.1, -0.05) is 12.8 Å². The minimum absolute atomic E-state index is 0.236. The molecule has 0 aromatic heterocycles. The molecule has 0 spiro atoms. The summed E-state index contributed by atoms with van der Waals surface area (Å²) in [5.41, 5.74) is 0. The highest BCUT2D eigenvalue weighted by molar-refractivity contribution is 5.67. The Balaban J connectivity index is 2.03. The molecule has 1 aliphatic rings. The highest BCUT2D eigenvalue weighted by atomic mass is 16.5. The topological polar surface area (TPSA) is 61.8 Å². The maximum atomic E-state index is 11.0. The summed E-state index contributed by atoms with van der Waals surface area (Å²) in [5, 5.41) is 11.5. The van der Waals surface area contributed by atoms with Gasteiger partial charge in [-0.3, -0.25) is 0 Å². The van der Waals surface area contributed by atoms with Gasteiger partial charge in [-0.15, -0.1) is 0 Å². The van der Waals surface area contributed by atoms with Crippen LogP contribution in [0.25, 0.3) is 0 Å². The zero-order chi connectivity index (χ0) is 12.5. The lowest BCUT2D eigenvalue weighted by Gasteiger charge is -2.16. The minimum Gasteiger partial charge on any atom is -0.453 e. The van der Waals surface area contributed by atoms with Crippen molar-refractivity contribution >= 4 is 6.09 Å². The van der Waals surface area contributed by atoms with Gasteiger partial charge >= 0.3 is 6.09 Å². The number of alkyl carbamates (subject to hydrolysis) is 1. The van der Waals surface area contributed by atoms with Crippen LogP contribution in [-0.4, -0.2) is 55.5 Å². The fraction of sp³-hybridized carbons (Fsp3) is 0.917. The van der Waals surface area contributed by atoms with Gasteiger partial charge < -0.3 is 20.1 Å². The number of amides is 1. The van der Waals surface area contributed by atoms with Crippen molar-refractivity contribution in [2.24, 2.45) is 0 Å². The first-order valence-corrected chi connectivity index (χ1v) is 6.44. The zero-order valence-electron chi connectivity index (χ0n) is 10.7.